The smallest absolute Gasteiger partial charge is 0.352 e. The highest BCUT2D eigenvalue weighted by atomic mass is 32.2. The van der Waals surface area contributed by atoms with E-state index in [1.54, 1.807) is 29.0 Å². The van der Waals surface area contributed by atoms with E-state index in [-0.39, 0.29) is 35.0 Å². The van der Waals surface area contributed by atoms with Gasteiger partial charge < -0.3 is 26.7 Å². The number of nitrogens with two attached hydrogens (primary N) is 2. The van der Waals surface area contributed by atoms with E-state index < -0.39 is 29.2 Å². The first-order valence-electron chi connectivity index (χ1n) is 12.5. The number of oxime groups is 1. The third-order valence-electron chi connectivity index (χ3n) is 6.90. The number of imidazole rings is 1. The summed E-state index contributed by atoms with van der Waals surface area (Å²) in [5.41, 5.74) is 12.4. The van der Waals surface area contributed by atoms with Crippen LogP contribution in [0, 0.1) is 0 Å². The molecule has 2 atom stereocenters. The molecule has 2 aliphatic heterocycles. The molecule has 3 aliphatic rings. The Balaban J connectivity index is 1.21. The van der Waals surface area contributed by atoms with Crippen LogP contribution in [0.25, 0.3) is 5.65 Å². The maximum absolute atomic E-state index is 13.3. The van der Waals surface area contributed by atoms with Crippen molar-refractivity contribution in [3.63, 3.8) is 0 Å². The van der Waals surface area contributed by atoms with E-state index in [0.29, 0.717) is 22.8 Å². The van der Waals surface area contributed by atoms with Crippen LogP contribution in [-0.2, 0) is 25.8 Å². The zero-order chi connectivity index (χ0) is 28.0. The number of hydrogen-bond donors (Lipinski definition) is 4. The summed E-state index contributed by atoms with van der Waals surface area (Å²) in [5, 5.41) is 20.5. The van der Waals surface area contributed by atoms with Gasteiger partial charge in [0.25, 0.3) is 11.8 Å². The molecule has 3 aromatic heterocycles. The fraction of sp³-hybridized carbons (Fsp3) is 0.391. The van der Waals surface area contributed by atoms with Gasteiger partial charge in [0.05, 0.1) is 0 Å². The van der Waals surface area contributed by atoms with Gasteiger partial charge in [-0.15, -0.1) is 11.8 Å². The Hall–Kier alpha value is -4.25. The van der Waals surface area contributed by atoms with Gasteiger partial charge >= 0.3 is 11.6 Å². The van der Waals surface area contributed by atoms with E-state index in [0.717, 1.165) is 37.2 Å². The molecule has 0 unspecified atom stereocenters. The zero-order valence-corrected chi connectivity index (χ0v) is 22.6. The fourth-order valence-electron chi connectivity index (χ4n) is 4.99. The molecule has 208 valence electrons. The maximum atomic E-state index is 13.3. The topological polar surface area (TPSA) is 207 Å². The average Bonchev–Trinajstić information content (AvgIpc) is 3.69. The number of β-lactam (4-membered cyclic amide) rings is 1. The van der Waals surface area contributed by atoms with Gasteiger partial charge in [-0.3, -0.25) is 14.5 Å². The number of amides is 2. The number of thioether (sulfide) groups is 1. The van der Waals surface area contributed by atoms with Crippen LogP contribution in [-0.4, -0.2) is 75.7 Å². The molecule has 6 N–H and O–H groups in total. The zero-order valence-electron chi connectivity index (χ0n) is 21.0. The van der Waals surface area contributed by atoms with Crippen molar-refractivity contribution in [3.8, 4) is 0 Å². The number of aromatic nitrogens is 5. The Morgan fingerprint density at radius 3 is 2.80 bits per heavy atom. The average molecular weight is 586 g/mol. The summed E-state index contributed by atoms with van der Waals surface area (Å²) in [6.07, 6.45) is 7.05. The number of anilines is 2. The Bertz CT molecular complexity index is 1580. The Morgan fingerprint density at radius 1 is 1.27 bits per heavy atom. The molecule has 0 aromatic carbocycles. The number of carbonyl (C=O) groups is 3. The van der Waals surface area contributed by atoms with E-state index in [2.05, 4.69) is 24.9 Å². The number of nitrogens with zero attached hydrogens (tertiary/aromatic N) is 7. The van der Waals surface area contributed by atoms with Gasteiger partial charge in [-0.05, 0) is 31.7 Å². The monoisotopic (exact) mass is 585 g/mol. The van der Waals surface area contributed by atoms with E-state index >= 15 is 0 Å². The lowest BCUT2D eigenvalue weighted by molar-refractivity contribution is -0.662. The molecule has 0 radical (unpaired) electrons. The Labute approximate surface area is 235 Å². The lowest BCUT2D eigenvalue weighted by atomic mass is 10.0. The van der Waals surface area contributed by atoms with Crippen LogP contribution in [0.1, 0.15) is 31.5 Å². The van der Waals surface area contributed by atoms with Crippen molar-refractivity contribution in [2.24, 2.45) is 5.16 Å². The molecule has 2 fully saturated rings. The number of rotatable bonds is 8. The van der Waals surface area contributed by atoms with Crippen molar-refractivity contribution in [2.75, 3.05) is 17.2 Å². The molecule has 0 bridgehead atoms. The molecular formula is C23H25N10O5S2+. The van der Waals surface area contributed by atoms with Gasteiger partial charge in [0.2, 0.25) is 11.5 Å². The normalized spacial score (nSPS) is 21.4. The Kier molecular flexibility index (Phi) is 6.75. The predicted octanol–water partition coefficient (Wildman–Crippen LogP) is -0.260. The molecule has 6 rings (SSSR count). The minimum absolute atomic E-state index is 0.000560. The molecule has 2 amide bonds. The van der Waals surface area contributed by atoms with E-state index in [1.165, 1.54) is 16.7 Å². The third kappa shape index (κ3) is 4.70. The summed E-state index contributed by atoms with van der Waals surface area (Å²) in [5.74, 6) is -1.78. The highest BCUT2D eigenvalue weighted by molar-refractivity contribution is 8.00. The van der Waals surface area contributed by atoms with Crippen LogP contribution in [0.2, 0.25) is 0 Å². The molecule has 17 heteroatoms. The second-order valence-electron chi connectivity index (χ2n) is 9.51. The third-order valence-corrected chi connectivity index (χ3v) is 8.79. The van der Waals surface area contributed by atoms with E-state index in [4.69, 9.17) is 16.3 Å². The number of hydrogen-bond acceptors (Lipinski definition) is 12. The van der Waals surface area contributed by atoms with Gasteiger partial charge in [0.1, 0.15) is 36.0 Å². The first kappa shape index (κ1) is 26.0. The lowest BCUT2D eigenvalue weighted by Gasteiger charge is -2.49. The molecular weight excluding hydrogens is 560 g/mol. The highest BCUT2D eigenvalue weighted by Gasteiger charge is 2.54. The van der Waals surface area contributed by atoms with Crippen molar-refractivity contribution in [2.45, 2.75) is 49.7 Å². The van der Waals surface area contributed by atoms with Crippen LogP contribution in [0.4, 0.5) is 10.9 Å². The standard InChI is InChI=1S/C23H24N10O5S2/c24-13-5-6-14-31(7-8-32(14)28-13)9-11-10-39-21-16(20(35)33(21)17(11)22(36)37)26-19(34)15(18-27-23(25)40-30-18)29-38-12-3-1-2-4-12/h5-8,12,16,21H,1-4,9-10H2,(H5-,24,25,26,27,28,30,34,36,37)/p+1/b29-15-/t16-,21-/m1/s1. The van der Waals surface area contributed by atoms with Gasteiger partial charge in [-0.2, -0.15) is 9.36 Å². The minimum Gasteiger partial charge on any atom is -0.477 e. The van der Waals surface area contributed by atoms with Gasteiger partial charge in [0.15, 0.2) is 17.1 Å². The molecule has 5 heterocycles. The number of aliphatic carboxylic acids is 1. The number of carboxylic acids is 1. The van der Waals surface area contributed by atoms with Crippen molar-refractivity contribution < 1.29 is 28.9 Å². The summed E-state index contributed by atoms with van der Waals surface area (Å²) in [6, 6.07) is 2.47. The molecule has 1 saturated heterocycles. The summed E-state index contributed by atoms with van der Waals surface area (Å²) in [7, 11) is 0. The van der Waals surface area contributed by atoms with Crippen LogP contribution >= 0.6 is 23.3 Å². The number of carbonyl (C=O) groups excluding carboxylic acids is 2. The van der Waals surface area contributed by atoms with Gasteiger partial charge in [0, 0.05) is 28.9 Å². The first-order chi connectivity index (χ1) is 19.3. The molecule has 3 aromatic rings. The maximum Gasteiger partial charge on any atom is 0.352 e. The molecule has 1 saturated carbocycles. The van der Waals surface area contributed by atoms with Crippen LogP contribution in [0.3, 0.4) is 0 Å². The highest BCUT2D eigenvalue weighted by Crippen LogP contribution is 2.40. The van der Waals surface area contributed by atoms with Gasteiger partial charge in [-0.25, -0.2) is 9.36 Å². The lowest BCUT2D eigenvalue weighted by Crippen LogP contribution is -2.71. The predicted molar refractivity (Wildman–Crippen MR) is 144 cm³/mol. The van der Waals surface area contributed by atoms with Crippen LogP contribution < -0.4 is 21.4 Å². The second kappa shape index (κ2) is 10.4. The van der Waals surface area contributed by atoms with Gasteiger partial charge in [-0.1, -0.05) is 14.8 Å². The first-order valence-corrected chi connectivity index (χ1v) is 14.3. The van der Waals surface area contributed by atoms with Crippen molar-refractivity contribution in [1.29, 1.82) is 0 Å². The molecule has 0 spiro atoms. The minimum atomic E-state index is -1.22. The number of nitrogen functional groups attached to an aromatic ring is 2. The fourth-order valence-corrected chi connectivity index (χ4v) is 6.76. The van der Waals surface area contributed by atoms with E-state index in [1.807, 2.05) is 4.57 Å². The largest absolute Gasteiger partial charge is 0.477 e. The number of carboxylic acid groups (broad SMARTS) is 1. The van der Waals surface area contributed by atoms with Crippen LogP contribution in [0.5, 0.6) is 0 Å². The van der Waals surface area contributed by atoms with Crippen molar-refractivity contribution in [3.05, 3.63) is 41.6 Å². The Morgan fingerprint density at radius 2 is 2.08 bits per heavy atom. The summed E-state index contributed by atoms with van der Waals surface area (Å²) in [6.45, 7) is 0.233. The number of fused-ring (bicyclic) bond motifs is 2. The quantitative estimate of drug-likeness (QED) is 0.117. The molecule has 40 heavy (non-hydrogen) atoms. The van der Waals surface area contributed by atoms with Crippen molar-refractivity contribution in [1.82, 2.24) is 29.2 Å². The SMILES string of the molecule is Nc1ccc2n(cc[n+]2CC2=C(C(=O)O)N3C(=O)[C@@H](NC(=O)/C(=N\OC4CCCC4)c4nsc(N)n4)[C@H]3SC2)n1. The van der Waals surface area contributed by atoms with Crippen molar-refractivity contribution >= 4 is 63.4 Å². The van der Waals surface area contributed by atoms with Crippen LogP contribution in [0.15, 0.2) is 41.0 Å². The van der Waals surface area contributed by atoms with E-state index in [9.17, 15) is 19.5 Å². The number of nitrogens with one attached hydrogen (secondary N) is 1. The summed E-state index contributed by atoms with van der Waals surface area (Å²) < 4.78 is 7.50. The molecule has 15 nitrogen and oxygen atoms in total. The molecule has 1 aliphatic carbocycles. The summed E-state index contributed by atoms with van der Waals surface area (Å²) >= 11 is 2.27. The summed E-state index contributed by atoms with van der Waals surface area (Å²) in [4.78, 5) is 49.6. The second-order valence-corrected chi connectivity index (χ2v) is 11.4.